The van der Waals surface area contributed by atoms with E-state index in [0.29, 0.717) is 33.1 Å². The molecule has 1 aliphatic carbocycles. The van der Waals surface area contributed by atoms with Crippen molar-refractivity contribution in [2.24, 2.45) is 0 Å². The highest BCUT2D eigenvalue weighted by Crippen LogP contribution is 2.33. The Kier molecular flexibility index (Phi) is 5.00. The molecule has 0 unspecified atom stereocenters. The van der Waals surface area contributed by atoms with E-state index in [-0.39, 0.29) is 5.63 Å². The van der Waals surface area contributed by atoms with Crippen molar-refractivity contribution in [2.75, 3.05) is 7.11 Å². The first-order valence-corrected chi connectivity index (χ1v) is 10.9. The largest absolute Gasteiger partial charge is 0.496 e. The first-order chi connectivity index (χ1) is 14.6. The predicted octanol–water partition coefficient (Wildman–Crippen LogP) is 5.02. The lowest BCUT2D eigenvalue weighted by molar-refractivity contribution is 0.416. The third kappa shape index (κ3) is 3.59. The van der Waals surface area contributed by atoms with Crippen molar-refractivity contribution in [3.05, 3.63) is 68.5 Å². The molecule has 0 amide bonds. The maximum Gasteiger partial charge on any atom is 0.336 e. The molecular formula is C22H18ClN3O3S. The number of aryl methyl sites for hydroxylation is 2. The molecule has 5 rings (SSSR count). The second-order valence-electron chi connectivity index (χ2n) is 7.16. The van der Waals surface area contributed by atoms with Crippen molar-refractivity contribution in [3.8, 4) is 17.1 Å². The molecule has 152 valence electrons. The standard InChI is InChI=1S/C22H18ClN3O3S/c1-28-18-6-5-15(23)10-17(18)21-24-22(26-25-21)30-11-14-9-20(27)29-19-8-13-4-2-3-12(13)7-16(14)19/h5-10H,2-4,11H2,1H3,(H,24,25,26). The maximum atomic E-state index is 12.1. The van der Waals surface area contributed by atoms with Crippen molar-refractivity contribution < 1.29 is 9.15 Å². The van der Waals surface area contributed by atoms with Gasteiger partial charge in [0, 0.05) is 22.2 Å². The van der Waals surface area contributed by atoms with E-state index in [1.807, 2.05) is 6.07 Å². The zero-order chi connectivity index (χ0) is 20.7. The van der Waals surface area contributed by atoms with Crippen molar-refractivity contribution in [3.63, 3.8) is 0 Å². The van der Waals surface area contributed by atoms with Crippen LogP contribution in [0.5, 0.6) is 5.75 Å². The Morgan fingerprint density at radius 1 is 1.20 bits per heavy atom. The molecule has 0 spiro atoms. The zero-order valence-corrected chi connectivity index (χ0v) is 17.8. The first-order valence-electron chi connectivity index (χ1n) is 9.58. The van der Waals surface area contributed by atoms with Gasteiger partial charge in [0.2, 0.25) is 5.16 Å². The molecular weight excluding hydrogens is 422 g/mol. The highest BCUT2D eigenvalue weighted by Gasteiger charge is 2.16. The molecule has 4 aromatic rings. The van der Waals surface area contributed by atoms with Gasteiger partial charge in [0.25, 0.3) is 0 Å². The summed E-state index contributed by atoms with van der Waals surface area (Å²) in [6, 6.07) is 11.1. The molecule has 0 atom stereocenters. The molecule has 8 heteroatoms. The van der Waals surface area contributed by atoms with E-state index >= 15 is 0 Å². The summed E-state index contributed by atoms with van der Waals surface area (Å²) in [6.45, 7) is 0. The normalized spacial score (nSPS) is 13.0. The second kappa shape index (κ2) is 7.81. The number of benzene rings is 2. The number of H-pyrrole nitrogens is 1. The van der Waals surface area contributed by atoms with E-state index in [0.717, 1.165) is 35.8 Å². The number of nitrogens with one attached hydrogen (secondary N) is 1. The SMILES string of the molecule is COc1ccc(Cl)cc1-c1nc(SCc2cc(=O)oc3cc4c(cc23)CCC4)n[nH]1. The Labute approximate surface area is 181 Å². The van der Waals surface area contributed by atoms with Crippen LogP contribution in [-0.4, -0.2) is 22.3 Å². The van der Waals surface area contributed by atoms with Crippen LogP contribution in [0.1, 0.15) is 23.1 Å². The number of rotatable bonds is 5. The van der Waals surface area contributed by atoms with Gasteiger partial charge in [0.15, 0.2) is 5.82 Å². The third-order valence-electron chi connectivity index (χ3n) is 5.28. The van der Waals surface area contributed by atoms with Gasteiger partial charge in [-0.25, -0.2) is 9.78 Å². The fourth-order valence-electron chi connectivity index (χ4n) is 3.85. The Morgan fingerprint density at radius 2 is 2.03 bits per heavy atom. The summed E-state index contributed by atoms with van der Waals surface area (Å²) in [5, 5.41) is 9.39. The third-order valence-corrected chi connectivity index (χ3v) is 6.41. The molecule has 30 heavy (non-hydrogen) atoms. The van der Waals surface area contributed by atoms with Crippen molar-refractivity contribution in [1.29, 1.82) is 0 Å². The van der Waals surface area contributed by atoms with Crippen LogP contribution < -0.4 is 10.4 Å². The summed E-state index contributed by atoms with van der Waals surface area (Å²) < 4.78 is 10.8. The minimum absolute atomic E-state index is 0.338. The lowest BCUT2D eigenvalue weighted by atomic mass is 10.0. The van der Waals surface area contributed by atoms with Crippen molar-refractivity contribution in [1.82, 2.24) is 15.2 Å². The van der Waals surface area contributed by atoms with Crippen LogP contribution in [0.4, 0.5) is 0 Å². The van der Waals surface area contributed by atoms with E-state index < -0.39 is 0 Å². The van der Waals surface area contributed by atoms with Crippen LogP contribution in [0.2, 0.25) is 5.02 Å². The van der Waals surface area contributed by atoms with E-state index in [2.05, 4.69) is 21.2 Å². The van der Waals surface area contributed by atoms with Crippen LogP contribution in [-0.2, 0) is 18.6 Å². The number of aromatic nitrogens is 3. The summed E-state index contributed by atoms with van der Waals surface area (Å²) in [5.74, 6) is 1.80. The molecule has 0 saturated heterocycles. The van der Waals surface area contributed by atoms with Crippen LogP contribution in [0.3, 0.4) is 0 Å². The van der Waals surface area contributed by atoms with E-state index in [1.54, 1.807) is 31.4 Å². The number of aromatic amines is 1. The minimum Gasteiger partial charge on any atom is -0.496 e. The maximum absolute atomic E-state index is 12.1. The summed E-state index contributed by atoms with van der Waals surface area (Å²) in [7, 11) is 1.60. The van der Waals surface area contributed by atoms with Gasteiger partial charge in [0.05, 0.1) is 12.7 Å². The Hall–Kier alpha value is -2.77. The Morgan fingerprint density at radius 3 is 2.87 bits per heavy atom. The topological polar surface area (TPSA) is 81.0 Å². The minimum atomic E-state index is -0.338. The molecule has 0 radical (unpaired) electrons. The average Bonchev–Trinajstić information content (AvgIpc) is 3.39. The van der Waals surface area contributed by atoms with Gasteiger partial charge < -0.3 is 9.15 Å². The first kappa shape index (κ1) is 19.2. The lowest BCUT2D eigenvalue weighted by Crippen LogP contribution is -2.01. The molecule has 0 aliphatic heterocycles. The number of ether oxygens (including phenoxy) is 1. The molecule has 1 N–H and O–H groups in total. The molecule has 2 aromatic carbocycles. The predicted molar refractivity (Wildman–Crippen MR) is 117 cm³/mol. The highest BCUT2D eigenvalue weighted by atomic mass is 35.5. The fraction of sp³-hybridized carbons (Fsp3) is 0.227. The summed E-state index contributed by atoms with van der Waals surface area (Å²) in [6.07, 6.45) is 3.26. The smallest absolute Gasteiger partial charge is 0.336 e. The molecule has 2 aromatic heterocycles. The summed E-state index contributed by atoms with van der Waals surface area (Å²) in [4.78, 5) is 16.6. The molecule has 0 fully saturated rings. The van der Waals surface area contributed by atoms with Crippen LogP contribution in [0, 0.1) is 0 Å². The number of hydrogen-bond acceptors (Lipinski definition) is 6. The molecule has 6 nitrogen and oxygen atoms in total. The quantitative estimate of drug-likeness (QED) is 0.347. The fourth-order valence-corrected chi connectivity index (χ4v) is 4.81. The van der Waals surface area contributed by atoms with Gasteiger partial charge in [-0.1, -0.05) is 23.4 Å². The molecule has 2 heterocycles. The summed E-state index contributed by atoms with van der Waals surface area (Å²) in [5.41, 5.74) is 4.60. The number of thioether (sulfide) groups is 1. The van der Waals surface area contributed by atoms with E-state index in [9.17, 15) is 4.79 Å². The number of halogens is 1. The van der Waals surface area contributed by atoms with Crippen molar-refractivity contribution in [2.45, 2.75) is 30.2 Å². The van der Waals surface area contributed by atoms with Gasteiger partial charge in [-0.3, -0.25) is 5.10 Å². The zero-order valence-electron chi connectivity index (χ0n) is 16.2. The van der Waals surface area contributed by atoms with Gasteiger partial charge in [-0.15, -0.1) is 5.10 Å². The van der Waals surface area contributed by atoms with Gasteiger partial charge in [-0.2, -0.15) is 0 Å². The summed E-state index contributed by atoms with van der Waals surface area (Å²) >= 11 is 7.58. The molecule has 0 saturated carbocycles. The van der Waals surface area contributed by atoms with Gasteiger partial charge in [0.1, 0.15) is 11.3 Å². The Balaban J connectivity index is 1.43. The van der Waals surface area contributed by atoms with Gasteiger partial charge >= 0.3 is 5.63 Å². The number of nitrogens with zero attached hydrogens (tertiary/aromatic N) is 2. The van der Waals surface area contributed by atoms with Crippen LogP contribution >= 0.6 is 23.4 Å². The number of methoxy groups -OCH3 is 1. The number of fused-ring (bicyclic) bond motifs is 2. The van der Waals surface area contributed by atoms with Crippen LogP contribution in [0.15, 0.2) is 50.8 Å². The molecule has 0 bridgehead atoms. The second-order valence-corrected chi connectivity index (χ2v) is 8.54. The number of hydrogen-bond donors (Lipinski definition) is 1. The Bertz CT molecular complexity index is 1310. The monoisotopic (exact) mass is 439 g/mol. The van der Waals surface area contributed by atoms with Crippen LogP contribution in [0.25, 0.3) is 22.4 Å². The van der Waals surface area contributed by atoms with E-state index in [1.165, 1.54) is 22.9 Å². The van der Waals surface area contributed by atoms with Gasteiger partial charge in [-0.05, 0) is 66.3 Å². The van der Waals surface area contributed by atoms with E-state index in [4.69, 9.17) is 20.8 Å². The average molecular weight is 440 g/mol. The highest BCUT2D eigenvalue weighted by molar-refractivity contribution is 7.98. The molecule has 1 aliphatic rings. The lowest BCUT2D eigenvalue weighted by Gasteiger charge is -2.07. The van der Waals surface area contributed by atoms with Crippen molar-refractivity contribution >= 4 is 34.3 Å².